The largest absolute Gasteiger partial charge is 0.380 e. The maximum absolute atomic E-state index is 4.26. The molecule has 1 aromatic heterocycles. The lowest BCUT2D eigenvalue weighted by Crippen LogP contribution is -2.25. The fraction of sp³-hybridized carbons (Fsp3) is 0.292. The molecule has 0 bridgehead atoms. The molecule has 0 saturated carbocycles. The number of fused-ring (bicyclic) bond motifs is 3. The number of rotatable bonds is 3. The second-order valence-corrected chi connectivity index (χ2v) is 7.08. The zero-order valence-corrected chi connectivity index (χ0v) is 16.1. The Morgan fingerprint density at radius 1 is 0.963 bits per heavy atom. The molecular formula is C24H27N3. The van der Waals surface area contributed by atoms with Crippen LogP contribution in [-0.4, -0.2) is 29.0 Å². The van der Waals surface area contributed by atoms with E-state index >= 15 is 0 Å². The van der Waals surface area contributed by atoms with Crippen molar-refractivity contribution in [3.05, 3.63) is 84.2 Å². The van der Waals surface area contributed by atoms with Crippen molar-refractivity contribution in [2.24, 2.45) is 0 Å². The van der Waals surface area contributed by atoms with Crippen molar-refractivity contribution in [3.8, 4) is 11.1 Å². The molecule has 0 aliphatic carbocycles. The van der Waals surface area contributed by atoms with E-state index in [1.54, 1.807) is 0 Å². The Morgan fingerprint density at radius 3 is 2.59 bits per heavy atom. The molecule has 3 heteroatoms. The molecule has 1 saturated heterocycles. The molecule has 138 valence electrons. The summed E-state index contributed by atoms with van der Waals surface area (Å²) in [7, 11) is 0. The minimum Gasteiger partial charge on any atom is -0.380 e. The summed E-state index contributed by atoms with van der Waals surface area (Å²) in [6.45, 7) is 7.26. The van der Waals surface area contributed by atoms with E-state index in [1.807, 2.05) is 32.3 Å². The highest BCUT2D eigenvalue weighted by Gasteiger charge is 2.39. The lowest BCUT2D eigenvalue weighted by Gasteiger charge is -2.18. The minimum absolute atomic E-state index is 0.530. The predicted octanol–water partition coefficient (Wildman–Crippen LogP) is 5.17. The summed E-state index contributed by atoms with van der Waals surface area (Å²) in [5.41, 5.74) is 6.61. The molecule has 0 amide bonds. The summed E-state index contributed by atoms with van der Waals surface area (Å²) < 4.78 is 0. The average molecular weight is 358 g/mol. The second-order valence-electron chi connectivity index (χ2n) is 7.08. The number of nitrogens with zero attached hydrogens (tertiary/aromatic N) is 2. The van der Waals surface area contributed by atoms with E-state index in [-0.39, 0.29) is 0 Å². The number of hydrogen-bond acceptors (Lipinski definition) is 3. The Kier molecular flexibility index (Phi) is 5.21. The van der Waals surface area contributed by atoms with Gasteiger partial charge in [0, 0.05) is 49.7 Å². The van der Waals surface area contributed by atoms with E-state index in [4.69, 9.17) is 0 Å². The van der Waals surface area contributed by atoms with Gasteiger partial charge in [-0.1, -0.05) is 56.3 Å². The van der Waals surface area contributed by atoms with Crippen LogP contribution < -0.4 is 5.32 Å². The third kappa shape index (κ3) is 3.60. The first-order chi connectivity index (χ1) is 13.4. The van der Waals surface area contributed by atoms with Crippen molar-refractivity contribution in [1.29, 1.82) is 0 Å². The normalized spacial score (nSPS) is 20.2. The maximum Gasteiger partial charge on any atom is 0.0470 e. The van der Waals surface area contributed by atoms with Crippen LogP contribution in [0.3, 0.4) is 0 Å². The zero-order valence-electron chi connectivity index (χ0n) is 16.1. The van der Waals surface area contributed by atoms with Gasteiger partial charge in [-0.05, 0) is 40.5 Å². The third-order valence-corrected chi connectivity index (χ3v) is 5.43. The van der Waals surface area contributed by atoms with E-state index in [9.17, 15) is 0 Å². The molecule has 27 heavy (non-hydrogen) atoms. The van der Waals surface area contributed by atoms with Crippen LogP contribution in [0.2, 0.25) is 0 Å². The van der Waals surface area contributed by atoms with E-state index in [0.29, 0.717) is 12.0 Å². The van der Waals surface area contributed by atoms with Crippen molar-refractivity contribution in [1.82, 2.24) is 9.88 Å². The minimum atomic E-state index is 0.530. The molecule has 2 atom stereocenters. The molecule has 0 radical (unpaired) electrons. The first-order valence-electron chi connectivity index (χ1n) is 9.94. The molecule has 3 nitrogen and oxygen atoms in total. The van der Waals surface area contributed by atoms with Crippen LogP contribution in [0.1, 0.15) is 30.9 Å². The van der Waals surface area contributed by atoms with Gasteiger partial charge in [0.05, 0.1) is 0 Å². The van der Waals surface area contributed by atoms with Crippen molar-refractivity contribution in [3.63, 3.8) is 0 Å². The lowest BCUT2D eigenvalue weighted by molar-refractivity contribution is 0.324. The average Bonchev–Trinajstić information content (AvgIpc) is 3.28. The molecule has 2 unspecified atom stereocenters. The highest BCUT2D eigenvalue weighted by Crippen LogP contribution is 2.42. The van der Waals surface area contributed by atoms with E-state index in [2.05, 4.69) is 69.8 Å². The van der Waals surface area contributed by atoms with E-state index in [1.165, 1.54) is 27.9 Å². The Balaban J connectivity index is 0.000000872. The molecular weight excluding hydrogens is 330 g/mol. The van der Waals surface area contributed by atoms with Gasteiger partial charge in [-0.25, -0.2) is 0 Å². The topological polar surface area (TPSA) is 28.2 Å². The smallest absolute Gasteiger partial charge is 0.0470 e. The Morgan fingerprint density at radius 2 is 1.81 bits per heavy atom. The van der Waals surface area contributed by atoms with E-state index in [0.717, 1.165) is 19.6 Å². The molecule has 1 fully saturated rings. The molecule has 5 rings (SSSR count). The number of likely N-dealkylation sites (tertiary alicyclic amines) is 1. The van der Waals surface area contributed by atoms with Crippen molar-refractivity contribution < 1.29 is 0 Å². The van der Waals surface area contributed by atoms with Gasteiger partial charge >= 0.3 is 0 Å². The number of nitrogens with one attached hydrogen (secondary N) is 1. The predicted molar refractivity (Wildman–Crippen MR) is 113 cm³/mol. The summed E-state index contributed by atoms with van der Waals surface area (Å²) in [4.78, 5) is 6.82. The van der Waals surface area contributed by atoms with Crippen LogP contribution in [0.4, 0.5) is 5.69 Å². The van der Waals surface area contributed by atoms with E-state index < -0.39 is 0 Å². The molecule has 3 aromatic rings. The second kappa shape index (κ2) is 7.93. The van der Waals surface area contributed by atoms with Crippen LogP contribution in [0, 0.1) is 0 Å². The monoisotopic (exact) mass is 357 g/mol. The van der Waals surface area contributed by atoms with Gasteiger partial charge < -0.3 is 5.32 Å². The number of pyridine rings is 1. The Hall–Kier alpha value is -2.65. The fourth-order valence-electron chi connectivity index (χ4n) is 4.23. The Bertz CT molecular complexity index is 877. The number of benzene rings is 2. The van der Waals surface area contributed by atoms with Crippen molar-refractivity contribution in [2.75, 3.05) is 18.4 Å². The lowest BCUT2D eigenvalue weighted by atomic mass is 9.95. The highest BCUT2D eigenvalue weighted by molar-refractivity contribution is 5.71. The zero-order chi connectivity index (χ0) is 18.6. The van der Waals surface area contributed by atoms with Crippen LogP contribution in [0.5, 0.6) is 0 Å². The first kappa shape index (κ1) is 17.7. The van der Waals surface area contributed by atoms with Gasteiger partial charge in [0.25, 0.3) is 0 Å². The maximum atomic E-state index is 4.26. The van der Waals surface area contributed by atoms with Gasteiger partial charge in [-0.3, -0.25) is 9.88 Å². The van der Waals surface area contributed by atoms with Crippen molar-refractivity contribution >= 4 is 5.69 Å². The van der Waals surface area contributed by atoms with Crippen LogP contribution in [0.15, 0.2) is 73.1 Å². The summed E-state index contributed by atoms with van der Waals surface area (Å²) in [6.07, 6.45) is 3.77. The molecule has 1 N–H and O–H groups in total. The number of aromatic nitrogens is 1. The number of anilines is 1. The summed E-state index contributed by atoms with van der Waals surface area (Å²) in [6, 6.07) is 22.2. The Labute approximate surface area is 162 Å². The van der Waals surface area contributed by atoms with Gasteiger partial charge in [0.2, 0.25) is 0 Å². The molecule has 2 aliphatic heterocycles. The SMILES string of the molecule is CC.c1ccc(CN2CC3Nc4ccc(-c5cccnc5)cc4C3C2)cc1. The third-order valence-electron chi connectivity index (χ3n) is 5.43. The molecule has 2 aromatic carbocycles. The highest BCUT2D eigenvalue weighted by atomic mass is 15.2. The summed E-state index contributed by atoms with van der Waals surface area (Å²) in [5.74, 6) is 0.579. The standard InChI is InChI=1S/C22H21N3.C2H6/c1-2-5-16(6-3-1)13-25-14-20-19-11-17(18-7-4-10-23-12-18)8-9-21(19)24-22(20)15-25;1-2/h1-12,20,22,24H,13-15H2;1-2H3. The summed E-state index contributed by atoms with van der Waals surface area (Å²) >= 11 is 0. The van der Waals surface area contributed by atoms with Crippen molar-refractivity contribution in [2.45, 2.75) is 32.4 Å². The van der Waals surface area contributed by atoms with Crippen LogP contribution in [0.25, 0.3) is 11.1 Å². The molecule has 3 heterocycles. The van der Waals surface area contributed by atoms with Crippen LogP contribution >= 0.6 is 0 Å². The van der Waals surface area contributed by atoms with Gasteiger partial charge in [-0.2, -0.15) is 0 Å². The van der Waals surface area contributed by atoms with Gasteiger partial charge in [0.1, 0.15) is 0 Å². The van der Waals surface area contributed by atoms with Crippen LogP contribution in [-0.2, 0) is 6.54 Å². The van der Waals surface area contributed by atoms with Gasteiger partial charge in [-0.15, -0.1) is 0 Å². The summed E-state index contributed by atoms with van der Waals surface area (Å²) in [5, 5.41) is 3.73. The first-order valence-corrected chi connectivity index (χ1v) is 9.94. The fourth-order valence-corrected chi connectivity index (χ4v) is 4.23. The quantitative estimate of drug-likeness (QED) is 0.701. The number of hydrogen-bond donors (Lipinski definition) is 1. The molecule has 0 spiro atoms. The van der Waals surface area contributed by atoms with Gasteiger partial charge in [0.15, 0.2) is 0 Å². The molecule has 2 aliphatic rings.